The van der Waals surface area contributed by atoms with Crippen molar-refractivity contribution >= 4 is 0 Å². The summed E-state index contributed by atoms with van der Waals surface area (Å²) in [4.78, 5) is 0. The summed E-state index contributed by atoms with van der Waals surface area (Å²) in [5, 5.41) is 0. The highest BCUT2D eigenvalue weighted by atomic mass is 14.2. The third-order valence-corrected chi connectivity index (χ3v) is 4.24. The fourth-order valence-corrected chi connectivity index (χ4v) is 2.92. The van der Waals surface area contributed by atoms with Gasteiger partial charge in [-0.15, -0.1) is 0 Å². The van der Waals surface area contributed by atoms with Crippen LogP contribution in [0.15, 0.2) is 42.5 Å². The van der Waals surface area contributed by atoms with Gasteiger partial charge >= 0.3 is 0 Å². The van der Waals surface area contributed by atoms with Crippen LogP contribution in [-0.2, 0) is 0 Å². The standard InChI is InChI=1S/C21H28/c1-14(2)17-10-12-18(13-11-17)21-19(15(3)4)8-7-9-20(21)16(5)6/h7-16H,1-6H3. The van der Waals surface area contributed by atoms with Crippen LogP contribution in [0.25, 0.3) is 11.1 Å². The van der Waals surface area contributed by atoms with E-state index in [1.54, 1.807) is 0 Å². The highest BCUT2D eigenvalue weighted by molar-refractivity contribution is 5.72. The molecule has 21 heavy (non-hydrogen) atoms. The van der Waals surface area contributed by atoms with Crippen LogP contribution in [0.3, 0.4) is 0 Å². The van der Waals surface area contributed by atoms with Crippen LogP contribution in [0.5, 0.6) is 0 Å². The lowest BCUT2D eigenvalue weighted by atomic mass is 9.84. The lowest BCUT2D eigenvalue weighted by molar-refractivity contribution is 0.837. The molecule has 0 N–H and O–H groups in total. The normalized spacial score (nSPS) is 11.7. The highest BCUT2D eigenvalue weighted by Crippen LogP contribution is 2.36. The zero-order valence-corrected chi connectivity index (χ0v) is 14.3. The van der Waals surface area contributed by atoms with Crippen molar-refractivity contribution in [1.82, 2.24) is 0 Å². The molecule has 0 saturated carbocycles. The predicted octanol–water partition coefficient (Wildman–Crippen LogP) is 6.72. The maximum atomic E-state index is 2.29. The van der Waals surface area contributed by atoms with Gasteiger partial charge in [-0.1, -0.05) is 84.0 Å². The summed E-state index contributed by atoms with van der Waals surface area (Å²) < 4.78 is 0. The van der Waals surface area contributed by atoms with E-state index in [0.717, 1.165) is 0 Å². The number of hydrogen-bond acceptors (Lipinski definition) is 0. The van der Waals surface area contributed by atoms with Crippen LogP contribution in [0.2, 0.25) is 0 Å². The van der Waals surface area contributed by atoms with Crippen molar-refractivity contribution in [2.45, 2.75) is 59.3 Å². The molecule has 0 unspecified atom stereocenters. The Morgan fingerprint density at radius 2 is 1.05 bits per heavy atom. The number of benzene rings is 2. The van der Waals surface area contributed by atoms with Gasteiger partial charge in [-0.2, -0.15) is 0 Å². The van der Waals surface area contributed by atoms with Crippen LogP contribution in [-0.4, -0.2) is 0 Å². The smallest absolute Gasteiger partial charge is 0.0115 e. The average molecular weight is 280 g/mol. The van der Waals surface area contributed by atoms with Crippen molar-refractivity contribution in [2.75, 3.05) is 0 Å². The third kappa shape index (κ3) is 3.37. The van der Waals surface area contributed by atoms with Crippen LogP contribution < -0.4 is 0 Å². The topological polar surface area (TPSA) is 0 Å². The van der Waals surface area contributed by atoms with E-state index in [4.69, 9.17) is 0 Å². The lowest BCUT2D eigenvalue weighted by Crippen LogP contribution is -2.00. The molecule has 0 spiro atoms. The summed E-state index contributed by atoms with van der Waals surface area (Å²) >= 11 is 0. The lowest BCUT2D eigenvalue weighted by Gasteiger charge is -2.20. The van der Waals surface area contributed by atoms with E-state index in [1.807, 2.05) is 0 Å². The van der Waals surface area contributed by atoms with Gasteiger partial charge in [0.15, 0.2) is 0 Å². The Morgan fingerprint density at radius 1 is 0.571 bits per heavy atom. The summed E-state index contributed by atoms with van der Waals surface area (Å²) in [5.41, 5.74) is 7.12. The van der Waals surface area contributed by atoms with E-state index in [0.29, 0.717) is 17.8 Å². The van der Waals surface area contributed by atoms with E-state index in [1.165, 1.54) is 27.8 Å². The molecular weight excluding hydrogens is 252 g/mol. The molecule has 0 aliphatic rings. The van der Waals surface area contributed by atoms with Gasteiger partial charge in [0.25, 0.3) is 0 Å². The van der Waals surface area contributed by atoms with E-state index >= 15 is 0 Å². The summed E-state index contributed by atoms with van der Waals surface area (Å²) in [7, 11) is 0. The van der Waals surface area contributed by atoms with E-state index in [-0.39, 0.29) is 0 Å². The molecule has 0 amide bonds. The monoisotopic (exact) mass is 280 g/mol. The van der Waals surface area contributed by atoms with E-state index < -0.39 is 0 Å². The van der Waals surface area contributed by atoms with Gasteiger partial charge < -0.3 is 0 Å². The van der Waals surface area contributed by atoms with Crippen molar-refractivity contribution in [2.24, 2.45) is 0 Å². The first kappa shape index (κ1) is 15.8. The van der Waals surface area contributed by atoms with Crippen LogP contribution in [0, 0.1) is 0 Å². The highest BCUT2D eigenvalue weighted by Gasteiger charge is 2.15. The van der Waals surface area contributed by atoms with Crippen molar-refractivity contribution in [3.63, 3.8) is 0 Å². The summed E-state index contributed by atoms with van der Waals surface area (Å²) in [5.74, 6) is 1.68. The first-order valence-electron chi connectivity index (χ1n) is 8.15. The molecule has 0 fully saturated rings. The molecule has 2 aromatic carbocycles. The molecule has 2 rings (SSSR count). The van der Waals surface area contributed by atoms with Crippen molar-refractivity contribution in [3.8, 4) is 11.1 Å². The molecule has 0 saturated heterocycles. The summed E-state index contributed by atoms with van der Waals surface area (Å²) in [6.07, 6.45) is 0. The largest absolute Gasteiger partial charge is 0.0617 e. The molecule has 2 aromatic rings. The zero-order valence-electron chi connectivity index (χ0n) is 14.3. The predicted molar refractivity (Wildman–Crippen MR) is 94.1 cm³/mol. The van der Waals surface area contributed by atoms with Crippen molar-refractivity contribution in [1.29, 1.82) is 0 Å². The minimum Gasteiger partial charge on any atom is -0.0617 e. The Bertz CT molecular complexity index is 560. The molecule has 0 radical (unpaired) electrons. The Labute approximate surface area is 130 Å². The van der Waals surface area contributed by atoms with Gasteiger partial charge in [-0.3, -0.25) is 0 Å². The Morgan fingerprint density at radius 3 is 1.43 bits per heavy atom. The minimum atomic E-state index is 0.545. The number of hydrogen-bond donors (Lipinski definition) is 0. The molecule has 0 aliphatic carbocycles. The van der Waals surface area contributed by atoms with Gasteiger partial charge in [-0.05, 0) is 45.6 Å². The van der Waals surface area contributed by atoms with Gasteiger partial charge in [-0.25, -0.2) is 0 Å². The second-order valence-corrected chi connectivity index (χ2v) is 6.90. The SMILES string of the molecule is CC(C)c1ccc(-c2c(C(C)C)cccc2C(C)C)cc1. The summed E-state index contributed by atoms with van der Waals surface area (Å²) in [6, 6.07) is 15.9. The Balaban J connectivity index is 2.60. The molecule has 0 heteroatoms. The van der Waals surface area contributed by atoms with Crippen molar-refractivity contribution < 1.29 is 0 Å². The first-order valence-corrected chi connectivity index (χ1v) is 8.15. The number of rotatable bonds is 4. The average Bonchev–Trinajstić information content (AvgIpc) is 2.46. The Kier molecular flexibility index (Phi) is 4.88. The molecule has 0 heterocycles. The Hall–Kier alpha value is -1.56. The molecule has 112 valence electrons. The van der Waals surface area contributed by atoms with Crippen LogP contribution >= 0.6 is 0 Å². The maximum absolute atomic E-state index is 2.29. The fourth-order valence-electron chi connectivity index (χ4n) is 2.92. The molecule has 0 atom stereocenters. The van der Waals surface area contributed by atoms with Gasteiger partial charge in [0, 0.05) is 0 Å². The molecule has 0 bridgehead atoms. The van der Waals surface area contributed by atoms with Crippen LogP contribution in [0.4, 0.5) is 0 Å². The molecule has 0 aromatic heterocycles. The zero-order chi connectivity index (χ0) is 15.6. The van der Waals surface area contributed by atoms with Gasteiger partial charge in [0.05, 0.1) is 0 Å². The maximum Gasteiger partial charge on any atom is -0.0115 e. The minimum absolute atomic E-state index is 0.545. The second-order valence-electron chi connectivity index (χ2n) is 6.90. The summed E-state index contributed by atoms with van der Waals surface area (Å²) in [6.45, 7) is 13.6. The van der Waals surface area contributed by atoms with Crippen molar-refractivity contribution in [3.05, 3.63) is 59.2 Å². The van der Waals surface area contributed by atoms with E-state index in [2.05, 4.69) is 84.0 Å². The molecule has 0 nitrogen and oxygen atoms in total. The third-order valence-electron chi connectivity index (χ3n) is 4.24. The van der Waals surface area contributed by atoms with E-state index in [9.17, 15) is 0 Å². The second kappa shape index (κ2) is 6.47. The molecular formula is C21H28. The fraction of sp³-hybridized carbons (Fsp3) is 0.429. The van der Waals surface area contributed by atoms with Crippen LogP contribution in [0.1, 0.15) is 76.0 Å². The van der Waals surface area contributed by atoms with Gasteiger partial charge in [0.1, 0.15) is 0 Å². The quantitative estimate of drug-likeness (QED) is 0.583. The molecule has 0 aliphatic heterocycles. The van der Waals surface area contributed by atoms with Gasteiger partial charge in [0.2, 0.25) is 0 Å². The first-order chi connectivity index (χ1) is 9.91.